The van der Waals surface area contributed by atoms with Gasteiger partial charge in [-0.2, -0.15) is 5.10 Å². The minimum atomic E-state index is -0.174. The second-order valence-corrected chi connectivity index (χ2v) is 6.52. The smallest absolute Gasteiger partial charge is 0.251 e. The molecule has 29 heavy (non-hydrogen) atoms. The number of rotatable bonds is 4. The number of aromatic nitrogens is 2. The van der Waals surface area contributed by atoms with E-state index >= 15 is 0 Å². The van der Waals surface area contributed by atoms with Crippen LogP contribution in [0.3, 0.4) is 0 Å². The van der Waals surface area contributed by atoms with Gasteiger partial charge in [0.25, 0.3) is 5.91 Å². The number of nitrogens with one attached hydrogen (secondary N) is 1. The third-order valence-electron chi connectivity index (χ3n) is 4.39. The summed E-state index contributed by atoms with van der Waals surface area (Å²) in [6.07, 6.45) is 3.56. The molecule has 0 saturated carbocycles. The zero-order valence-electron chi connectivity index (χ0n) is 16.0. The van der Waals surface area contributed by atoms with Gasteiger partial charge < -0.3 is 5.32 Å². The molecular formula is C23H19N5O. The van der Waals surface area contributed by atoms with Crippen LogP contribution in [0.15, 0.2) is 77.0 Å². The summed E-state index contributed by atoms with van der Waals surface area (Å²) in [6, 6.07) is 17.0. The molecule has 6 heteroatoms. The molecule has 0 fully saturated rings. The molecule has 2 aromatic carbocycles. The van der Waals surface area contributed by atoms with E-state index in [2.05, 4.69) is 32.2 Å². The van der Waals surface area contributed by atoms with Crippen molar-refractivity contribution in [3.05, 3.63) is 83.7 Å². The Morgan fingerprint density at radius 2 is 2.00 bits per heavy atom. The van der Waals surface area contributed by atoms with Crippen LogP contribution in [0.1, 0.15) is 28.4 Å². The van der Waals surface area contributed by atoms with Crippen molar-refractivity contribution >= 4 is 17.5 Å². The van der Waals surface area contributed by atoms with Gasteiger partial charge in [-0.05, 0) is 43.3 Å². The molecule has 142 valence electrons. The highest BCUT2D eigenvalue weighted by molar-refractivity contribution is 6.06. The molecule has 0 saturated heterocycles. The molecule has 6 nitrogen and oxygen atoms in total. The van der Waals surface area contributed by atoms with Crippen molar-refractivity contribution in [2.75, 3.05) is 13.1 Å². The van der Waals surface area contributed by atoms with Gasteiger partial charge in [0.2, 0.25) is 0 Å². The van der Waals surface area contributed by atoms with Gasteiger partial charge in [0, 0.05) is 23.5 Å². The monoisotopic (exact) mass is 381 g/mol. The second-order valence-electron chi connectivity index (χ2n) is 6.52. The van der Waals surface area contributed by atoms with Crippen molar-refractivity contribution in [1.82, 2.24) is 15.1 Å². The molecule has 1 N–H and O–H groups in total. The summed E-state index contributed by atoms with van der Waals surface area (Å²) in [5, 5.41) is 7.20. The van der Waals surface area contributed by atoms with Crippen molar-refractivity contribution < 1.29 is 4.79 Å². The quantitative estimate of drug-likeness (QED) is 0.706. The average molecular weight is 381 g/mol. The van der Waals surface area contributed by atoms with Gasteiger partial charge in [-0.15, -0.1) is 0 Å². The zero-order chi connectivity index (χ0) is 20.1. The van der Waals surface area contributed by atoms with Crippen molar-refractivity contribution in [1.29, 1.82) is 0 Å². The second kappa shape index (κ2) is 8.36. The van der Waals surface area contributed by atoms with E-state index in [4.69, 9.17) is 0 Å². The normalized spacial score (nSPS) is 12.6. The van der Waals surface area contributed by atoms with Crippen LogP contribution in [0.25, 0.3) is 5.69 Å². The molecule has 0 aliphatic carbocycles. The van der Waals surface area contributed by atoms with Crippen LogP contribution in [0.5, 0.6) is 0 Å². The molecule has 4 rings (SSSR count). The third-order valence-corrected chi connectivity index (χ3v) is 4.39. The van der Waals surface area contributed by atoms with Crippen molar-refractivity contribution in [2.45, 2.75) is 6.92 Å². The molecule has 0 bridgehead atoms. The highest BCUT2D eigenvalue weighted by Gasteiger charge is 2.12. The molecule has 1 aliphatic heterocycles. The fourth-order valence-corrected chi connectivity index (χ4v) is 2.93. The molecule has 2 heterocycles. The molecule has 3 aromatic rings. The largest absolute Gasteiger partial charge is 0.347 e. The van der Waals surface area contributed by atoms with Gasteiger partial charge in [0.05, 0.1) is 30.1 Å². The minimum absolute atomic E-state index is 0.174. The van der Waals surface area contributed by atoms with E-state index in [-0.39, 0.29) is 5.91 Å². The van der Waals surface area contributed by atoms with E-state index in [0.29, 0.717) is 18.7 Å². The molecule has 0 unspecified atom stereocenters. The summed E-state index contributed by atoms with van der Waals surface area (Å²) in [5.41, 5.74) is 3.84. The molecule has 1 amide bonds. The first kappa shape index (κ1) is 18.4. The van der Waals surface area contributed by atoms with Crippen molar-refractivity contribution in [3.63, 3.8) is 0 Å². The summed E-state index contributed by atoms with van der Waals surface area (Å²) >= 11 is 0. The number of benzene rings is 2. The summed E-state index contributed by atoms with van der Waals surface area (Å²) in [5.74, 6) is 6.91. The number of carbonyl (C=O) groups is 1. The molecule has 1 aromatic heterocycles. The average Bonchev–Trinajstić information content (AvgIpc) is 3.43. The Morgan fingerprint density at radius 3 is 2.72 bits per heavy atom. The minimum Gasteiger partial charge on any atom is -0.347 e. The predicted molar refractivity (Wildman–Crippen MR) is 114 cm³/mol. The Morgan fingerprint density at radius 1 is 1.14 bits per heavy atom. The van der Waals surface area contributed by atoms with Crippen LogP contribution in [-0.2, 0) is 0 Å². The number of aliphatic imine (C=N–C) groups is 2. The van der Waals surface area contributed by atoms with Gasteiger partial charge in [0.1, 0.15) is 5.84 Å². The highest BCUT2D eigenvalue weighted by atomic mass is 16.1. The first-order chi connectivity index (χ1) is 14.2. The van der Waals surface area contributed by atoms with Gasteiger partial charge in [-0.3, -0.25) is 9.79 Å². The van der Waals surface area contributed by atoms with Gasteiger partial charge in [0.15, 0.2) is 0 Å². The Balaban J connectivity index is 1.60. The number of amides is 1. The van der Waals surface area contributed by atoms with E-state index in [0.717, 1.165) is 28.4 Å². The van der Waals surface area contributed by atoms with E-state index < -0.39 is 0 Å². The molecule has 0 atom stereocenters. The fourth-order valence-electron chi connectivity index (χ4n) is 2.93. The lowest BCUT2D eigenvalue weighted by atomic mass is 10.1. The van der Waals surface area contributed by atoms with Gasteiger partial charge >= 0.3 is 0 Å². The standard InChI is InChI=1S/C23H19N5O/c1-17-24-15-21(27-17)16-25-23(29)20-10-11-22(28-13-5-12-26-28)19(14-20)9-8-18-6-3-2-4-7-18/h2-7,10-14H,15-16H2,1H3,(H,25,29). The fraction of sp³-hybridized carbons (Fsp3) is 0.130. The van der Waals surface area contributed by atoms with E-state index in [1.54, 1.807) is 23.0 Å². The van der Waals surface area contributed by atoms with Crippen LogP contribution < -0.4 is 5.32 Å². The number of carbonyl (C=O) groups excluding carboxylic acids is 1. The summed E-state index contributed by atoms with van der Waals surface area (Å²) in [7, 11) is 0. The van der Waals surface area contributed by atoms with E-state index in [1.807, 2.05) is 55.6 Å². The summed E-state index contributed by atoms with van der Waals surface area (Å²) < 4.78 is 1.74. The maximum Gasteiger partial charge on any atom is 0.251 e. The zero-order valence-corrected chi connectivity index (χ0v) is 16.0. The van der Waals surface area contributed by atoms with Crippen LogP contribution in [0.4, 0.5) is 0 Å². The third kappa shape index (κ3) is 4.47. The van der Waals surface area contributed by atoms with Crippen LogP contribution in [0.2, 0.25) is 0 Å². The summed E-state index contributed by atoms with van der Waals surface area (Å²) in [4.78, 5) is 21.1. The van der Waals surface area contributed by atoms with Gasteiger partial charge in [-0.25, -0.2) is 9.67 Å². The first-order valence-electron chi connectivity index (χ1n) is 9.26. The van der Waals surface area contributed by atoms with Crippen LogP contribution in [0, 0.1) is 11.8 Å². The SMILES string of the molecule is CC1=NCC(CNC(=O)c2ccc(-n3cccn3)c(C#Cc3ccccc3)c2)=N1. The lowest BCUT2D eigenvalue weighted by molar-refractivity contribution is 0.0959. The molecular weight excluding hydrogens is 362 g/mol. The topological polar surface area (TPSA) is 71.6 Å². The Hall–Kier alpha value is -3.98. The maximum absolute atomic E-state index is 12.6. The van der Waals surface area contributed by atoms with Gasteiger partial charge in [-0.1, -0.05) is 30.0 Å². The van der Waals surface area contributed by atoms with Crippen molar-refractivity contribution in [2.24, 2.45) is 9.98 Å². The number of hydrogen-bond acceptors (Lipinski definition) is 4. The first-order valence-corrected chi connectivity index (χ1v) is 9.26. The summed E-state index contributed by atoms with van der Waals surface area (Å²) in [6.45, 7) is 2.77. The molecule has 1 aliphatic rings. The molecule has 0 radical (unpaired) electrons. The Labute approximate surface area is 169 Å². The lowest BCUT2D eigenvalue weighted by Crippen LogP contribution is -2.30. The van der Waals surface area contributed by atoms with Crippen LogP contribution in [-0.4, -0.2) is 40.3 Å². The Kier molecular flexibility index (Phi) is 5.30. The van der Waals surface area contributed by atoms with Crippen LogP contribution >= 0.6 is 0 Å². The predicted octanol–water partition coefficient (Wildman–Crippen LogP) is 2.87. The van der Waals surface area contributed by atoms with E-state index in [9.17, 15) is 4.79 Å². The van der Waals surface area contributed by atoms with E-state index in [1.165, 1.54) is 0 Å². The maximum atomic E-state index is 12.6. The number of nitrogens with zero attached hydrogens (tertiary/aromatic N) is 4. The number of hydrogen-bond donors (Lipinski definition) is 1. The lowest BCUT2D eigenvalue weighted by Gasteiger charge is -2.09. The van der Waals surface area contributed by atoms with Crippen molar-refractivity contribution in [3.8, 4) is 17.5 Å². The number of amidine groups is 1. The molecule has 0 spiro atoms. The highest BCUT2D eigenvalue weighted by Crippen LogP contribution is 2.16. The Bertz CT molecular complexity index is 1150.